The zero-order valence-electron chi connectivity index (χ0n) is 12.8. The van der Waals surface area contributed by atoms with Crippen LogP contribution in [0.4, 0.5) is 0 Å². The number of aliphatic hydroxyl groups is 3. The monoisotopic (exact) mass is 317 g/mol. The van der Waals surface area contributed by atoms with Gasteiger partial charge in [-0.25, -0.2) is 0 Å². The first kappa shape index (κ1) is 18.9. The van der Waals surface area contributed by atoms with Crippen molar-refractivity contribution < 1.29 is 20.4 Å². The third kappa shape index (κ3) is 6.63. The van der Waals surface area contributed by atoms with Crippen LogP contribution in [-0.2, 0) is 0 Å². The number of nitrogens with two attached hydrogens (primary N) is 1. The molecule has 0 unspecified atom stereocenters. The van der Waals surface area contributed by atoms with Crippen LogP contribution in [0.2, 0.25) is 0 Å². The Morgan fingerprint density at radius 1 is 0.783 bits per heavy atom. The molecule has 0 saturated heterocycles. The molecule has 0 aliphatic rings. The third-order valence-electron chi connectivity index (χ3n) is 3.14. The standard InChI is InChI=1S/C14H12O.C4H11NO3/c15-14-9-5-4-8-13(14)11-10-12-6-2-1-3-7-12;5-4(1-6,2-7)3-8/h1-11,15H;6-8H,1-3,5H2/b11-10+;. The molecule has 0 aromatic heterocycles. The molecule has 0 atom stereocenters. The van der Waals surface area contributed by atoms with E-state index in [4.69, 9.17) is 21.1 Å². The van der Waals surface area contributed by atoms with Crippen LogP contribution in [-0.4, -0.2) is 45.8 Å². The van der Waals surface area contributed by atoms with Gasteiger partial charge < -0.3 is 26.2 Å². The second kappa shape index (κ2) is 9.76. The Labute approximate surface area is 136 Å². The van der Waals surface area contributed by atoms with E-state index in [1.165, 1.54) is 0 Å². The van der Waals surface area contributed by atoms with Crippen LogP contribution < -0.4 is 5.73 Å². The number of rotatable bonds is 5. The second-order valence-corrected chi connectivity index (χ2v) is 5.14. The molecule has 6 N–H and O–H groups in total. The first-order valence-electron chi connectivity index (χ1n) is 7.17. The van der Waals surface area contributed by atoms with Gasteiger partial charge in [0.1, 0.15) is 5.75 Å². The first-order chi connectivity index (χ1) is 11.0. The van der Waals surface area contributed by atoms with E-state index in [1.54, 1.807) is 6.07 Å². The summed E-state index contributed by atoms with van der Waals surface area (Å²) in [6.07, 6.45) is 3.89. The van der Waals surface area contributed by atoms with Gasteiger partial charge in [0, 0.05) is 5.56 Å². The maximum Gasteiger partial charge on any atom is 0.122 e. The van der Waals surface area contributed by atoms with Gasteiger partial charge in [-0.15, -0.1) is 0 Å². The van der Waals surface area contributed by atoms with E-state index < -0.39 is 25.4 Å². The van der Waals surface area contributed by atoms with Crippen LogP contribution in [0.1, 0.15) is 11.1 Å². The Bertz CT molecular complexity index is 587. The summed E-state index contributed by atoms with van der Waals surface area (Å²) >= 11 is 0. The van der Waals surface area contributed by atoms with E-state index in [-0.39, 0.29) is 0 Å². The Balaban J connectivity index is 0.000000284. The lowest BCUT2D eigenvalue weighted by Gasteiger charge is -2.20. The zero-order chi connectivity index (χ0) is 17.1. The molecule has 0 aliphatic heterocycles. The number of phenolic OH excluding ortho intramolecular Hbond substituents is 1. The average Bonchev–Trinajstić information content (AvgIpc) is 2.62. The molecule has 0 aliphatic carbocycles. The highest BCUT2D eigenvalue weighted by Gasteiger charge is 2.20. The number of phenols is 1. The summed E-state index contributed by atoms with van der Waals surface area (Å²) in [6.45, 7) is -1.21. The fraction of sp³-hybridized carbons (Fsp3) is 0.222. The Kier molecular flexibility index (Phi) is 8.01. The zero-order valence-corrected chi connectivity index (χ0v) is 12.8. The van der Waals surface area contributed by atoms with E-state index in [1.807, 2.05) is 60.7 Å². The minimum atomic E-state index is -1.21. The molecule has 0 heterocycles. The van der Waals surface area contributed by atoms with Crippen molar-refractivity contribution in [1.82, 2.24) is 0 Å². The van der Waals surface area contributed by atoms with E-state index in [2.05, 4.69) is 0 Å². The summed E-state index contributed by atoms with van der Waals surface area (Å²) < 4.78 is 0. The largest absolute Gasteiger partial charge is 0.507 e. The second-order valence-electron chi connectivity index (χ2n) is 5.14. The summed E-state index contributed by atoms with van der Waals surface area (Å²) in [5, 5.41) is 34.6. The Hall–Kier alpha value is -2.18. The number of aliphatic hydroxyl groups excluding tert-OH is 3. The summed E-state index contributed by atoms with van der Waals surface area (Å²) in [7, 11) is 0. The number of aromatic hydroxyl groups is 1. The van der Waals surface area contributed by atoms with Gasteiger partial charge in [-0.05, 0) is 11.6 Å². The van der Waals surface area contributed by atoms with Crippen molar-refractivity contribution in [2.24, 2.45) is 5.73 Å². The van der Waals surface area contributed by atoms with Crippen LogP contribution in [0.25, 0.3) is 12.2 Å². The lowest BCUT2D eigenvalue weighted by Crippen LogP contribution is -2.50. The van der Waals surface area contributed by atoms with Gasteiger partial charge in [0.05, 0.1) is 25.4 Å². The maximum absolute atomic E-state index is 9.54. The molecule has 2 rings (SSSR count). The lowest BCUT2D eigenvalue weighted by molar-refractivity contribution is 0.0698. The molecule has 2 aromatic carbocycles. The molecular formula is C18H23NO4. The quantitative estimate of drug-likeness (QED) is 0.533. The van der Waals surface area contributed by atoms with Gasteiger partial charge in [0.25, 0.3) is 0 Å². The SMILES string of the molecule is NC(CO)(CO)CO.Oc1ccccc1/C=C/c1ccccc1. The highest BCUT2D eigenvalue weighted by molar-refractivity contribution is 5.72. The first-order valence-corrected chi connectivity index (χ1v) is 7.17. The van der Waals surface area contributed by atoms with Gasteiger partial charge in [0.15, 0.2) is 0 Å². The molecule has 2 aromatic rings. The lowest BCUT2D eigenvalue weighted by atomic mass is 10.1. The highest BCUT2D eigenvalue weighted by atomic mass is 16.3. The molecule has 0 bridgehead atoms. The molecule has 124 valence electrons. The fourth-order valence-corrected chi connectivity index (χ4v) is 1.53. The Morgan fingerprint density at radius 3 is 1.78 bits per heavy atom. The summed E-state index contributed by atoms with van der Waals surface area (Å²) in [5.41, 5.74) is 5.90. The minimum absolute atomic E-state index is 0.310. The van der Waals surface area contributed by atoms with E-state index in [9.17, 15) is 5.11 Å². The maximum atomic E-state index is 9.54. The van der Waals surface area contributed by atoms with Crippen molar-refractivity contribution >= 4 is 12.2 Å². The van der Waals surface area contributed by atoms with E-state index in [0.717, 1.165) is 11.1 Å². The number of para-hydroxylation sites is 1. The van der Waals surface area contributed by atoms with Gasteiger partial charge in [-0.2, -0.15) is 0 Å². The molecule has 5 heteroatoms. The van der Waals surface area contributed by atoms with Crippen LogP contribution in [0, 0.1) is 0 Å². The Morgan fingerprint density at radius 2 is 1.30 bits per heavy atom. The molecular weight excluding hydrogens is 294 g/mol. The smallest absolute Gasteiger partial charge is 0.122 e. The number of benzene rings is 2. The molecule has 0 spiro atoms. The van der Waals surface area contributed by atoms with Crippen LogP contribution in [0.15, 0.2) is 54.6 Å². The molecule has 0 amide bonds. The summed E-state index contributed by atoms with van der Waals surface area (Å²) in [6, 6.07) is 17.3. The van der Waals surface area contributed by atoms with Crippen LogP contribution in [0.5, 0.6) is 5.75 Å². The van der Waals surface area contributed by atoms with Crippen molar-refractivity contribution in [1.29, 1.82) is 0 Å². The topological polar surface area (TPSA) is 107 Å². The molecule has 0 fully saturated rings. The number of hydrogen-bond acceptors (Lipinski definition) is 5. The summed E-state index contributed by atoms with van der Waals surface area (Å²) in [4.78, 5) is 0. The minimum Gasteiger partial charge on any atom is -0.507 e. The van der Waals surface area contributed by atoms with Crippen LogP contribution >= 0.6 is 0 Å². The van der Waals surface area contributed by atoms with Crippen molar-refractivity contribution in [2.75, 3.05) is 19.8 Å². The fourth-order valence-electron chi connectivity index (χ4n) is 1.53. The van der Waals surface area contributed by atoms with Crippen molar-refractivity contribution in [3.63, 3.8) is 0 Å². The van der Waals surface area contributed by atoms with E-state index in [0.29, 0.717) is 5.75 Å². The summed E-state index contributed by atoms with van der Waals surface area (Å²) in [5.74, 6) is 0.310. The highest BCUT2D eigenvalue weighted by Crippen LogP contribution is 2.18. The van der Waals surface area contributed by atoms with Gasteiger partial charge in [-0.1, -0.05) is 60.7 Å². The predicted octanol–water partition coefficient (Wildman–Crippen LogP) is 1.22. The third-order valence-corrected chi connectivity index (χ3v) is 3.14. The van der Waals surface area contributed by atoms with Gasteiger partial charge >= 0.3 is 0 Å². The van der Waals surface area contributed by atoms with Crippen molar-refractivity contribution in [3.05, 3.63) is 65.7 Å². The molecule has 0 saturated carbocycles. The average molecular weight is 317 g/mol. The van der Waals surface area contributed by atoms with Gasteiger partial charge in [-0.3, -0.25) is 0 Å². The molecule has 23 heavy (non-hydrogen) atoms. The van der Waals surface area contributed by atoms with E-state index >= 15 is 0 Å². The van der Waals surface area contributed by atoms with Gasteiger partial charge in [0.2, 0.25) is 0 Å². The molecule has 0 radical (unpaired) electrons. The molecule has 5 nitrogen and oxygen atoms in total. The van der Waals surface area contributed by atoms with Crippen molar-refractivity contribution in [2.45, 2.75) is 5.54 Å². The predicted molar refractivity (Wildman–Crippen MR) is 91.7 cm³/mol. The normalized spacial score (nSPS) is 11.1. The van der Waals surface area contributed by atoms with Crippen LogP contribution in [0.3, 0.4) is 0 Å². The number of hydrogen-bond donors (Lipinski definition) is 5. The van der Waals surface area contributed by atoms with Crippen molar-refractivity contribution in [3.8, 4) is 5.75 Å².